The van der Waals surface area contributed by atoms with Crippen molar-refractivity contribution >= 4 is 0 Å². The summed E-state index contributed by atoms with van der Waals surface area (Å²) in [6, 6.07) is 0.308. The van der Waals surface area contributed by atoms with Crippen molar-refractivity contribution in [1.29, 1.82) is 0 Å². The summed E-state index contributed by atoms with van der Waals surface area (Å²) in [5.74, 6) is 5.60. The third-order valence-corrected chi connectivity index (χ3v) is 3.38. The summed E-state index contributed by atoms with van der Waals surface area (Å²) in [6.45, 7) is 5.03. The van der Waals surface area contributed by atoms with E-state index in [1.54, 1.807) is 0 Å². The Morgan fingerprint density at radius 3 is 2.36 bits per heavy atom. The molecule has 0 aromatic carbocycles. The molecule has 0 aromatic rings. The minimum Gasteiger partial charge on any atom is -0.374 e. The van der Waals surface area contributed by atoms with Crippen LogP contribution in [0, 0.1) is 0 Å². The minimum absolute atomic E-state index is 0.0104. The summed E-state index contributed by atoms with van der Waals surface area (Å²) >= 11 is 0. The number of nitrogens with two attached hydrogens (primary N) is 1. The van der Waals surface area contributed by atoms with E-state index in [1.807, 2.05) is 0 Å². The van der Waals surface area contributed by atoms with Gasteiger partial charge in [0.1, 0.15) is 0 Å². The third kappa shape index (κ3) is 2.47. The summed E-state index contributed by atoms with van der Waals surface area (Å²) in [5.41, 5.74) is 2.93. The summed E-state index contributed by atoms with van der Waals surface area (Å²) in [4.78, 5) is 0. The van der Waals surface area contributed by atoms with Crippen molar-refractivity contribution < 1.29 is 4.74 Å². The van der Waals surface area contributed by atoms with Crippen molar-refractivity contribution in [2.24, 2.45) is 5.84 Å². The number of nitrogens with one attached hydrogen (secondary N) is 1. The molecule has 3 heteroatoms. The highest BCUT2D eigenvalue weighted by atomic mass is 16.5. The van der Waals surface area contributed by atoms with Gasteiger partial charge in [0.05, 0.1) is 5.60 Å². The molecule has 1 atom stereocenters. The summed E-state index contributed by atoms with van der Waals surface area (Å²) < 4.78 is 5.97. The predicted octanol–water partition coefficient (Wildman–Crippen LogP) is 1.97. The van der Waals surface area contributed by atoms with E-state index >= 15 is 0 Å². The molecule has 1 aliphatic rings. The van der Waals surface area contributed by atoms with Gasteiger partial charge in [0, 0.05) is 12.6 Å². The Labute approximate surface area is 87.4 Å². The van der Waals surface area contributed by atoms with Crippen molar-refractivity contribution in [3.8, 4) is 0 Å². The fourth-order valence-electron chi connectivity index (χ4n) is 2.67. The van der Waals surface area contributed by atoms with Gasteiger partial charge in [0.2, 0.25) is 0 Å². The lowest BCUT2D eigenvalue weighted by Gasteiger charge is -2.42. The van der Waals surface area contributed by atoms with Crippen LogP contribution in [0.2, 0.25) is 0 Å². The van der Waals surface area contributed by atoms with E-state index in [1.165, 1.54) is 19.3 Å². The van der Waals surface area contributed by atoms with E-state index < -0.39 is 0 Å². The molecular weight excluding hydrogens is 176 g/mol. The minimum atomic E-state index is 0.0104. The lowest BCUT2D eigenvalue weighted by atomic mass is 9.78. The van der Waals surface area contributed by atoms with Crippen LogP contribution in [0.15, 0.2) is 0 Å². The van der Waals surface area contributed by atoms with E-state index in [2.05, 4.69) is 19.3 Å². The van der Waals surface area contributed by atoms with Gasteiger partial charge < -0.3 is 4.74 Å². The topological polar surface area (TPSA) is 47.3 Å². The maximum atomic E-state index is 5.97. The zero-order valence-electron chi connectivity index (χ0n) is 9.51. The molecule has 0 heterocycles. The first kappa shape index (κ1) is 12.0. The van der Waals surface area contributed by atoms with E-state index in [4.69, 9.17) is 10.6 Å². The van der Waals surface area contributed by atoms with Crippen LogP contribution in [-0.4, -0.2) is 18.2 Å². The number of rotatable bonds is 5. The van der Waals surface area contributed by atoms with Gasteiger partial charge in [-0.05, 0) is 26.2 Å². The monoisotopic (exact) mass is 200 g/mol. The quantitative estimate of drug-likeness (QED) is 0.527. The van der Waals surface area contributed by atoms with Crippen LogP contribution >= 0.6 is 0 Å². The molecule has 1 rings (SSSR count). The Balaban J connectivity index is 2.67. The molecule has 1 saturated carbocycles. The molecule has 0 saturated heterocycles. The second-order valence-corrected chi connectivity index (χ2v) is 4.19. The maximum Gasteiger partial charge on any atom is 0.0847 e. The van der Waals surface area contributed by atoms with Crippen molar-refractivity contribution in [3.63, 3.8) is 0 Å². The lowest BCUT2D eigenvalue weighted by Crippen LogP contribution is -2.55. The Kier molecular flexibility index (Phi) is 4.85. The first-order valence-electron chi connectivity index (χ1n) is 5.89. The Morgan fingerprint density at radius 1 is 1.29 bits per heavy atom. The molecule has 0 spiro atoms. The molecule has 1 unspecified atom stereocenters. The summed E-state index contributed by atoms with van der Waals surface area (Å²) in [5, 5.41) is 0. The van der Waals surface area contributed by atoms with Gasteiger partial charge in [-0.2, -0.15) is 0 Å². The maximum absolute atomic E-state index is 5.97. The van der Waals surface area contributed by atoms with Gasteiger partial charge in [-0.15, -0.1) is 0 Å². The molecule has 3 nitrogen and oxygen atoms in total. The average molecular weight is 200 g/mol. The highest BCUT2D eigenvalue weighted by molar-refractivity contribution is 4.93. The largest absolute Gasteiger partial charge is 0.374 e. The van der Waals surface area contributed by atoms with Crippen molar-refractivity contribution in [2.75, 3.05) is 6.61 Å². The molecule has 84 valence electrons. The fraction of sp³-hybridized carbons (Fsp3) is 1.00. The molecule has 0 amide bonds. The molecule has 1 aliphatic carbocycles. The average Bonchev–Trinajstić information content (AvgIpc) is 2.21. The molecule has 3 N–H and O–H groups in total. The Bertz CT molecular complexity index is 146. The van der Waals surface area contributed by atoms with Gasteiger partial charge in [-0.25, -0.2) is 0 Å². The molecular formula is C11H24N2O. The molecule has 1 fully saturated rings. The van der Waals surface area contributed by atoms with Gasteiger partial charge in [-0.1, -0.05) is 26.2 Å². The van der Waals surface area contributed by atoms with Crippen LogP contribution < -0.4 is 11.3 Å². The highest BCUT2D eigenvalue weighted by Crippen LogP contribution is 2.35. The molecule has 0 aliphatic heterocycles. The lowest BCUT2D eigenvalue weighted by molar-refractivity contribution is -0.0906. The summed E-state index contributed by atoms with van der Waals surface area (Å²) in [6.07, 6.45) is 7.25. The van der Waals surface area contributed by atoms with Crippen molar-refractivity contribution in [3.05, 3.63) is 0 Å². The number of hydrogen-bond donors (Lipinski definition) is 2. The van der Waals surface area contributed by atoms with E-state index in [0.717, 1.165) is 25.9 Å². The predicted molar refractivity (Wildman–Crippen MR) is 58.8 cm³/mol. The van der Waals surface area contributed by atoms with Crippen molar-refractivity contribution in [1.82, 2.24) is 5.43 Å². The molecule has 0 radical (unpaired) electrons. The van der Waals surface area contributed by atoms with E-state index in [0.29, 0.717) is 6.04 Å². The second-order valence-electron chi connectivity index (χ2n) is 4.19. The van der Waals surface area contributed by atoms with Crippen LogP contribution in [-0.2, 0) is 4.74 Å². The first-order chi connectivity index (χ1) is 6.79. The molecule has 0 bridgehead atoms. The Morgan fingerprint density at radius 2 is 1.93 bits per heavy atom. The summed E-state index contributed by atoms with van der Waals surface area (Å²) in [7, 11) is 0. The molecule has 0 aromatic heterocycles. The van der Waals surface area contributed by atoms with Crippen molar-refractivity contribution in [2.45, 2.75) is 64.0 Å². The number of hydrogen-bond acceptors (Lipinski definition) is 3. The van der Waals surface area contributed by atoms with Crippen LogP contribution in [0.3, 0.4) is 0 Å². The zero-order valence-corrected chi connectivity index (χ0v) is 9.51. The highest BCUT2D eigenvalue weighted by Gasteiger charge is 2.39. The van der Waals surface area contributed by atoms with Crippen LogP contribution in [0.4, 0.5) is 0 Å². The van der Waals surface area contributed by atoms with E-state index in [-0.39, 0.29) is 5.60 Å². The molecule has 14 heavy (non-hydrogen) atoms. The van der Waals surface area contributed by atoms with E-state index in [9.17, 15) is 0 Å². The van der Waals surface area contributed by atoms with Crippen LogP contribution in [0.1, 0.15) is 52.4 Å². The van der Waals surface area contributed by atoms with Gasteiger partial charge in [-0.3, -0.25) is 11.3 Å². The van der Waals surface area contributed by atoms with Crippen LogP contribution in [0.5, 0.6) is 0 Å². The fourth-order valence-corrected chi connectivity index (χ4v) is 2.67. The smallest absolute Gasteiger partial charge is 0.0847 e. The first-order valence-corrected chi connectivity index (χ1v) is 5.89. The van der Waals surface area contributed by atoms with Gasteiger partial charge in [0.15, 0.2) is 0 Å². The number of hydrazine groups is 1. The Hall–Kier alpha value is -0.120. The van der Waals surface area contributed by atoms with Crippen LogP contribution in [0.25, 0.3) is 0 Å². The van der Waals surface area contributed by atoms with Gasteiger partial charge in [0.25, 0.3) is 0 Å². The normalized spacial score (nSPS) is 23.4. The standard InChI is InChI=1S/C11H24N2O/c1-3-10(13-12)11(14-4-2)8-6-5-7-9-11/h10,13H,3-9,12H2,1-2H3. The second kappa shape index (κ2) is 5.69. The zero-order chi connectivity index (χ0) is 10.4. The van der Waals surface area contributed by atoms with Gasteiger partial charge >= 0.3 is 0 Å². The SMILES string of the molecule is CCOC1(C(CC)NN)CCCCC1. The number of ether oxygens (including phenoxy) is 1. The third-order valence-electron chi connectivity index (χ3n) is 3.38.